The van der Waals surface area contributed by atoms with Gasteiger partial charge in [0.2, 0.25) is 11.4 Å². The molecule has 0 bridgehead atoms. The van der Waals surface area contributed by atoms with E-state index in [0.29, 0.717) is 0 Å². The lowest BCUT2D eigenvalue weighted by molar-refractivity contribution is 0.415. The number of benzene rings is 3. The van der Waals surface area contributed by atoms with Crippen LogP contribution in [0.25, 0.3) is 6.08 Å². The highest BCUT2D eigenvalue weighted by Gasteiger charge is 2.44. The molecule has 134 valence electrons. The van der Waals surface area contributed by atoms with Gasteiger partial charge < -0.3 is 4.74 Å². The zero-order valence-electron chi connectivity index (χ0n) is 16.0. The van der Waals surface area contributed by atoms with Crippen molar-refractivity contribution in [1.29, 1.82) is 0 Å². The predicted molar refractivity (Wildman–Crippen MR) is 114 cm³/mol. The zero-order valence-corrected chi connectivity index (χ0v) is 16.0. The topological polar surface area (TPSA) is 12.2 Å². The maximum Gasteiger partial charge on any atom is 0.215 e. The third kappa shape index (κ3) is 3.08. The number of methoxy groups -OCH3 is 1. The number of allylic oxidation sites excluding steroid dienone is 1. The lowest BCUT2D eigenvalue weighted by atomic mass is 9.81. The fraction of sp³-hybridized carbons (Fsp3) is 0.160. The Balaban J connectivity index is 1.84. The third-order valence-electron chi connectivity index (χ3n) is 5.26. The van der Waals surface area contributed by atoms with Crippen molar-refractivity contribution in [2.45, 2.75) is 19.3 Å². The van der Waals surface area contributed by atoms with Crippen molar-refractivity contribution in [3.63, 3.8) is 0 Å². The van der Waals surface area contributed by atoms with E-state index in [9.17, 15) is 0 Å². The first-order valence-electron chi connectivity index (χ1n) is 9.25. The zero-order chi connectivity index (χ0) is 18.9. The number of fused-ring (bicyclic) bond motifs is 1. The molecule has 0 saturated heterocycles. The molecule has 0 unspecified atom stereocenters. The van der Waals surface area contributed by atoms with E-state index in [0.717, 1.165) is 11.3 Å². The van der Waals surface area contributed by atoms with E-state index in [4.69, 9.17) is 4.74 Å². The Labute approximate surface area is 161 Å². The molecule has 27 heavy (non-hydrogen) atoms. The Morgan fingerprint density at radius 2 is 1.44 bits per heavy atom. The maximum absolute atomic E-state index is 5.26. The van der Waals surface area contributed by atoms with Gasteiger partial charge in [-0.3, -0.25) is 0 Å². The summed E-state index contributed by atoms with van der Waals surface area (Å²) >= 11 is 0. The van der Waals surface area contributed by atoms with Gasteiger partial charge in [-0.05, 0) is 37.6 Å². The lowest BCUT2D eigenvalue weighted by Gasteiger charge is -2.15. The van der Waals surface area contributed by atoms with E-state index >= 15 is 0 Å². The van der Waals surface area contributed by atoms with Gasteiger partial charge in [0.25, 0.3) is 0 Å². The van der Waals surface area contributed by atoms with Gasteiger partial charge in [-0.15, -0.1) is 0 Å². The molecule has 0 aromatic heterocycles. The first-order valence-corrected chi connectivity index (χ1v) is 9.25. The number of ether oxygens (including phenoxy) is 1. The lowest BCUT2D eigenvalue weighted by Crippen LogP contribution is -2.27. The Kier molecular flexibility index (Phi) is 4.41. The second-order valence-corrected chi connectivity index (χ2v) is 7.30. The second-order valence-electron chi connectivity index (χ2n) is 7.30. The molecule has 1 aliphatic rings. The highest BCUT2D eigenvalue weighted by atomic mass is 16.5. The summed E-state index contributed by atoms with van der Waals surface area (Å²) in [7, 11) is 1.69. The average Bonchev–Trinajstić information content (AvgIpc) is 2.94. The summed E-state index contributed by atoms with van der Waals surface area (Å²) in [6.45, 7) is 4.59. The average molecular weight is 354 g/mol. The number of hydrogen-bond donors (Lipinski definition) is 0. The monoisotopic (exact) mass is 354 g/mol. The first-order chi connectivity index (χ1) is 13.1. The van der Waals surface area contributed by atoms with Crippen LogP contribution in [0, 0.1) is 0 Å². The van der Waals surface area contributed by atoms with E-state index in [1.165, 1.54) is 22.6 Å². The van der Waals surface area contributed by atoms with E-state index in [1.807, 2.05) is 12.1 Å². The van der Waals surface area contributed by atoms with Crippen LogP contribution in [0.4, 0.5) is 11.4 Å². The standard InChI is InChI=1S/C25H24NO/c1-25(2)22-11-7-8-12-23(22)26(20-9-5-4-6-10-20)24(25)18-15-19-13-16-21(27-3)17-14-19/h4-18H,1-3H3/q+1. The SMILES string of the molecule is COc1ccc(C=CC2=[N+](c3ccccc3)c3ccccc3C2(C)C)cc1. The van der Waals surface area contributed by atoms with Gasteiger partial charge in [0.05, 0.1) is 12.5 Å². The van der Waals surface area contributed by atoms with Crippen LogP contribution in [0.15, 0.2) is 84.9 Å². The molecular formula is C25H24NO+. The molecule has 0 spiro atoms. The summed E-state index contributed by atoms with van der Waals surface area (Å²) in [5.41, 5.74) is 6.14. The van der Waals surface area contributed by atoms with Crippen LogP contribution >= 0.6 is 0 Å². The van der Waals surface area contributed by atoms with Crippen LogP contribution in [0.5, 0.6) is 5.75 Å². The normalized spacial score (nSPS) is 15.2. The van der Waals surface area contributed by atoms with Gasteiger partial charge in [-0.25, -0.2) is 0 Å². The van der Waals surface area contributed by atoms with Gasteiger partial charge in [-0.2, -0.15) is 4.58 Å². The molecule has 0 fully saturated rings. The first kappa shape index (κ1) is 17.3. The minimum absolute atomic E-state index is 0.0740. The fourth-order valence-corrected chi connectivity index (χ4v) is 3.77. The summed E-state index contributed by atoms with van der Waals surface area (Å²) in [5.74, 6) is 0.874. The molecule has 0 aliphatic carbocycles. The van der Waals surface area contributed by atoms with Crippen molar-refractivity contribution >= 4 is 23.2 Å². The molecule has 3 aromatic carbocycles. The summed E-state index contributed by atoms with van der Waals surface area (Å²) in [6.07, 6.45) is 4.42. The minimum Gasteiger partial charge on any atom is -0.497 e. The van der Waals surface area contributed by atoms with Gasteiger partial charge >= 0.3 is 0 Å². The molecule has 0 saturated carbocycles. The summed E-state index contributed by atoms with van der Waals surface area (Å²) in [5, 5.41) is 0. The van der Waals surface area contributed by atoms with E-state index < -0.39 is 0 Å². The van der Waals surface area contributed by atoms with Crippen molar-refractivity contribution in [1.82, 2.24) is 4.58 Å². The molecule has 1 heterocycles. The Hall–Kier alpha value is -3.13. The summed E-state index contributed by atoms with van der Waals surface area (Å²) < 4.78 is 7.63. The van der Waals surface area contributed by atoms with Crippen LogP contribution in [0.1, 0.15) is 25.0 Å². The minimum atomic E-state index is -0.0740. The number of para-hydroxylation sites is 2. The maximum atomic E-state index is 5.26. The van der Waals surface area contributed by atoms with Crippen molar-refractivity contribution in [3.8, 4) is 5.75 Å². The fourth-order valence-electron chi connectivity index (χ4n) is 3.77. The van der Waals surface area contributed by atoms with Gasteiger partial charge in [0.15, 0.2) is 5.71 Å². The summed E-state index contributed by atoms with van der Waals surface area (Å²) in [4.78, 5) is 0. The van der Waals surface area contributed by atoms with Crippen LogP contribution in [-0.4, -0.2) is 12.8 Å². The van der Waals surface area contributed by atoms with Crippen molar-refractivity contribution < 1.29 is 4.74 Å². The molecule has 3 aromatic rings. The largest absolute Gasteiger partial charge is 0.497 e. The van der Waals surface area contributed by atoms with Gasteiger partial charge in [-0.1, -0.05) is 48.5 Å². The molecule has 1 aliphatic heterocycles. The van der Waals surface area contributed by atoms with Gasteiger partial charge in [0, 0.05) is 29.8 Å². The van der Waals surface area contributed by atoms with Crippen molar-refractivity contribution in [3.05, 3.63) is 96.1 Å². The molecule has 0 radical (unpaired) electrons. The van der Waals surface area contributed by atoms with Crippen LogP contribution in [0.2, 0.25) is 0 Å². The number of rotatable bonds is 4. The smallest absolute Gasteiger partial charge is 0.215 e. The van der Waals surface area contributed by atoms with Crippen molar-refractivity contribution in [2.75, 3.05) is 7.11 Å². The predicted octanol–water partition coefficient (Wildman–Crippen LogP) is 5.98. The second kappa shape index (κ2) is 6.88. The van der Waals surface area contributed by atoms with Crippen LogP contribution < -0.4 is 9.31 Å². The van der Waals surface area contributed by atoms with Crippen molar-refractivity contribution in [2.24, 2.45) is 0 Å². The van der Waals surface area contributed by atoms with Crippen LogP contribution in [-0.2, 0) is 5.41 Å². The highest BCUT2D eigenvalue weighted by Crippen LogP contribution is 2.41. The molecule has 4 rings (SSSR count). The molecule has 0 amide bonds. The quantitative estimate of drug-likeness (QED) is 0.525. The molecule has 2 nitrogen and oxygen atoms in total. The summed E-state index contributed by atoms with van der Waals surface area (Å²) in [6, 6.07) is 27.4. The number of hydrogen-bond acceptors (Lipinski definition) is 1. The van der Waals surface area contributed by atoms with Crippen LogP contribution in [0.3, 0.4) is 0 Å². The Morgan fingerprint density at radius 3 is 2.15 bits per heavy atom. The Bertz CT molecular complexity index is 1010. The Morgan fingerprint density at radius 1 is 0.778 bits per heavy atom. The molecular weight excluding hydrogens is 330 g/mol. The number of nitrogens with zero attached hydrogens (tertiary/aromatic N) is 1. The van der Waals surface area contributed by atoms with Gasteiger partial charge in [0.1, 0.15) is 5.75 Å². The molecule has 0 atom stereocenters. The molecule has 2 heteroatoms. The van der Waals surface area contributed by atoms with E-state index in [2.05, 4.69) is 97.3 Å². The van der Waals surface area contributed by atoms with E-state index in [-0.39, 0.29) is 5.41 Å². The van der Waals surface area contributed by atoms with E-state index in [1.54, 1.807) is 7.11 Å². The molecule has 0 N–H and O–H groups in total. The third-order valence-corrected chi connectivity index (χ3v) is 5.26. The highest BCUT2D eigenvalue weighted by molar-refractivity contribution is 6.12.